The van der Waals surface area contributed by atoms with Crippen LogP contribution in [-0.4, -0.2) is 147 Å². The zero-order valence-corrected chi connectivity index (χ0v) is 32.5. The SMILES string of the molecule is C[C@H](NC(=O)[C@@H](N)Cc1c[nH]c2ccccc12)C(=O)N[C@@H](CO)C(=O)N[C@H](C(=O)N[C@@H](CCCN=C(N)N)C(=O)N[C@@H](CCC(N)=O)C(=O)N[C@@H](CO)C(=O)O)[C@@H](C)O. The number of benzene rings is 1. The highest BCUT2D eigenvalue weighted by molar-refractivity contribution is 5.97. The Bertz CT molecular complexity index is 1830. The largest absolute Gasteiger partial charge is 0.480 e. The van der Waals surface area contributed by atoms with E-state index in [0.717, 1.165) is 23.4 Å². The van der Waals surface area contributed by atoms with Gasteiger partial charge in [0, 0.05) is 30.1 Å². The number of aliphatic carboxylic acids is 1. The molecule has 24 heteroatoms. The molecule has 1 aromatic carbocycles. The molecule has 1 heterocycles. The van der Waals surface area contributed by atoms with Gasteiger partial charge in [-0.2, -0.15) is 0 Å². The summed E-state index contributed by atoms with van der Waals surface area (Å²) in [7, 11) is 0. The van der Waals surface area contributed by atoms with Crippen molar-refractivity contribution in [2.75, 3.05) is 19.8 Å². The fraction of sp³-hybridized carbons (Fsp3) is 0.514. The minimum Gasteiger partial charge on any atom is -0.480 e. The van der Waals surface area contributed by atoms with Gasteiger partial charge < -0.3 is 80.2 Å². The molecule has 0 aliphatic carbocycles. The van der Waals surface area contributed by atoms with Gasteiger partial charge in [0.2, 0.25) is 41.4 Å². The van der Waals surface area contributed by atoms with Crippen molar-refractivity contribution in [2.24, 2.45) is 27.9 Å². The van der Waals surface area contributed by atoms with Crippen molar-refractivity contribution in [2.45, 2.75) is 94.3 Å². The number of H-pyrrole nitrogens is 1. The van der Waals surface area contributed by atoms with Crippen LogP contribution >= 0.6 is 0 Å². The second kappa shape index (κ2) is 23.8. The summed E-state index contributed by atoms with van der Waals surface area (Å²) in [6.07, 6.45) is -0.812. The van der Waals surface area contributed by atoms with Crippen LogP contribution in [-0.2, 0) is 44.8 Å². The number of aliphatic hydroxyl groups is 3. The molecule has 1 aromatic heterocycles. The number of aromatic nitrogens is 1. The van der Waals surface area contributed by atoms with Crippen molar-refractivity contribution in [3.8, 4) is 0 Å². The number of carbonyl (C=O) groups excluding carboxylic acids is 7. The summed E-state index contributed by atoms with van der Waals surface area (Å²) in [5.74, 6) is -8.79. The van der Waals surface area contributed by atoms with Crippen molar-refractivity contribution in [3.05, 3.63) is 36.0 Å². The number of hydrogen-bond donors (Lipinski definition) is 15. The molecule has 24 nitrogen and oxygen atoms in total. The number of aliphatic hydroxyl groups excluding tert-OH is 3. The molecule has 0 radical (unpaired) electrons. The van der Waals surface area contributed by atoms with Gasteiger partial charge in [-0.05, 0) is 51.2 Å². The number of nitrogens with one attached hydrogen (secondary N) is 7. The summed E-state index contributed by atoms with van der Waals surface area (Å²) in [5, 5.41) is 53.4. The molecule has 19 N–H and O–H groups in total. The third-order valence-corrected chi connectivity index (χ3v) is 8.77. The van der Waals surface area contributed by atoms with E-state index in [2.05, 4.69) is 36.6 Å². The van der Waals surface area contributed by atoms with Gasteiger partial charge in [0.05, 0.1) is 25.4 Å². The first kappa shape index (κ1) is 48.8. The first-order chi connectivity index (χ1) is 27.8. The average Bonchev–Trinajstić information content (AvgIpc) is 3.58. The maximum Gasteiger partial charge on any atom is 0.328 e. The topological polar surface area (TPSA) is 422 Å². The number of aliphatic imine (C=N–C) groups is 1. The highest BCUT2D eigenvalue weighted by Gasteiger charge is 2.34. The number of guanidine groups is 1. The van der Waals surface area contributed by atoms with Crippen LogP contribution in [0.5, 0.6) is 0 Å². The van der Waals surface area contributed by atoms with Crippen LogP contribution in [0, 0.1) is 0 Å². The predicted molar refractivity (Wildman–Crippen MR) is 209 cm³/mol. The lowest BCUT2D eigenvalue weighted by molar-refractivity contribution is -0.143. The number of nitrogens with zero attached hydrogens (tertiary/aromatic N) is 1. The van der Waals surface area contributed by atoms with Gasteiger partial charge in [-0.1, -0.05) is 18.2 Å². The van der Waals surface area contributed by atoms with Crippen molar-refractivity contribution < 1.29 is 58.8 Å². The van der Waals surface area contributed by atoms with E-state index in [-0.39, 0.29) is 31.8 Å². The lowest BCUT2D eigenvalue weighted by atomic mass is 10.0. The Hall–Kier alpha value is -6.37. The average molecular weight is 835 g/mol. The van der Waals surface area contributed by atoms with Gasteiger partial charge in [-0.15, -0.1) is 0 Å². The molecular weight excluding hydrogens is 780 g/mol. The van der Waals surface area contributed by atoms with E-state index in [9.17, 15) is 58.8 Å². The summed E-state index contributed by atoms with van der Waals surface area (Å²) < 4.78 is 0. The van der Waals surface area contributed by atoms with Crippen LogP contribution in [0.4, 0.5) is 0 Å². The van der Waals surface area contributed by atoms with E-state index in [0.29, 0.717) is 0 Å². The summed E-state index contributed by atoms with van der Waals surface area (Å²) in [4.78, 5) is 109. The predicted octanol–water partition coefficient (Wildman–Crippen LogP) is -6.26. The number of rotatable bonds is 25. The van der Waals surface area contributed by atoms with Crippen LogP contribution < -0.4 is 54.8 Å². The Kier molecular flexibility index (Phi) is 19.6. The first-order valence-electron chi connectivity index (χ1n) is 18.4. The second-order valence-corrected chi connectivity index (χ2v) is 13.5. The Morgan fingerprint density at radius 1 is 0.729 bits per heavy atom. The zero-order valence-electron chi connectivity index (χ0n) is 32.5. The number of hydrogen-bond acceptors (Lipinski definition) is 13. The summed E-state index contributed by atoms with van der Waals surface area (Å²) in [6, 6.07) is -3.33. The van der Waals surface area contributed by atoms with Crippen LogP contribution in [0.25, 0.3) is 10.9 Å². The van der Waals surface area contributed by atoms with E-state index in [1.807, 2.05) is 29.6 Å². The Labute approximate surface area is 337 Å². The van der Waals surface area contributed by atoms with Gasteiger partial charge in [0.15, 0.2) is 5.96 Å². The minimum absolute atomic E-state index is 0.0340. The van der Waals surface area contributed by atoms with E-state index in [1.165, 1.54) is 6.92 Å². The van der Waals surface area contributed by atoms with Crippen LogP contribution in [0.1, 0.15) is 45.1 Å². The molecule has 0 saturated heterocycles. The second-order valence-electron chi connectivity index (χ2n) is 13.5. The molecule has 0 spiro atoms. The molecule has 0 aliphatic heterocycles. The molecule has 326 valence electrons. The number of fused-ring (bicyclic) bond motifs is 1. The van der Waals surface area contributed by atoms with Gasteiger partial charge in [-0.3, -0.25) is 38.6 Å². The number of aromatic amines is 1. The number of amides is 7. The Balaban J connectivity index is 2.16. The molecular formula is C35H54N12O12. The molecule has 0 fully saturated rings. The van der Waals surface area contributed by atoms with Crippen molar-refractivity contribution in [1.82, 2.24) is 36.9 Å². The minimum atomic E-state index is -1.81. The smallest absolute Gasteiger partial charge is 0.328 e. The van der Waals surface area contributed by atoms with Gasteiger partial charge in [0.1, 0.15) is 36.3 Å². The lowest BCUT2D eigenvalue weighted by Crippen LogP contribution is -2.62. The normalized spacial score (nSPS) is 15.1. The van der Waals surface area contributed by atoms with Gasteiger partial charge in [0.25, 0.3) is 0 Å². The van der Waals surface area contributed by atoms with Crippen LogP contribution in [0.15, 0.2) is 35.5 Å². The lowest BCUT2D eigenvalue weighted by Gasteiger charge is -2.28. The number of nitrogens with two attached hydrogens (primary N) is 4. The van der Waals surface area contributed by atoms with Crippen LogP contribution in [0.3, 0.4) is 0 Å². The summed E-state index contributed by atoms with van der Waals surface area (Å²) in [5.41, 5.74) is 23.6. The maximum atomic E-state index is 13.5. The van der Waals surface area contributed by atoms with E-state index < -0.39 is 122 Å². The Morgan fingerprint density at radius 3 is 1.86 bits per heavy atom. The van der Waals surface area contributed by atoms with Crippen molar-refractivity contribution in [1.29, 1.82) is 0 Å². The van der Waals surface area contributed by atoms with E-state index >= 15 is 0 Å². The van der Waals surface area contributed by atoms with Crippen molar-refractivity contribution >= 4 is 64.2 Å². The fourth-order valence-corrected chi connectivity index (χ4v) is 5.49. The third-order valence-electron chi connectivity index (χ3n) is 8.77. The number of carboxylic acid groups (broad SMARTS) is 1. The molecule has 0 saturated carbocycles. The van der Waals surface area contributed by atoms with E-state index in [4.69, 9.17) is 22.9 Å². The third kappa shape index (κ3) is 15.8. The molecule has 59 heavy (non-hydrogen) atoms. The summed E-state index contributed by atoms with van der Waals surface area (Å²) >= 11 is 0. The molecule has 0 unspecified atom stereocenters. The van der Waals surface area contributed by atoms with Gasteiger partial charge in [-0.25, -0.2) is 4.79 Å². The summed E-state index contributed by atoms with van der Waals surface area (Å²) in [6.45, 7) is 0.392. The fourth-order valence-electron chi connectivity index (χ4n) is 5.49. The zero-order chi connectivity index (χ0) is 44.4. The molecule has 0 aliphatic rings. The van der Waals surface area contributed by atoms with Crippen LogP contribution in [0.2, 0.25) is 0 Å². The first-order valence-corrected chi connectivity index (χ1v) is 18.4. The quantitative estimate of drug-likeness (QED) is 0.0251. The highest BCUT2D eigenvalue weighted by atomic mass is 16.4. The van der Waals surface area contributed by atoms with Crippen molar-refractivity contribution in [3.63, 3.8) is 0 Å². The number of primary amides is 1. The molecule has 2 rings (SSSR count). The highest BCUT2D eigenvalue weighted by Crippen LogP contribution is 2.19. The van der Waals surface area contributed by atoms with Gasteiger partial charge >= 0.3 is 5.97 Å². The van der Waals surface area contributed by atoms with E-state index in [1.54, 1.807) is 6.20 Å². The number of carboxylic acids is 1. The monoisotopic (exact) mass is 834 g/mol. The standard InChI is InChI=1S/C35H54N12O12/c1-16(42-29(53)20(36)12-18-13-41-21-7-4-3-6-19(18)21)28(52)45-24(14-48)32(56)47-27(17(2)50)33(57)44-22(8-5-11-40-35(38)39)30(54)43-23(9-10-26(37)51)31(55)46-25(15-49)34(58)59/h3-4,6-7,13,16-17,20,22-25,27,41,48-50H,5,8-12,14-15,36H2,1-2H3,(H2,37,51)(H,42,53)(H,43,54)(H,44,57)(H,45,52)(H,46,55)(H,47,56)(H,58,59)(H4,38,39,40)/t16-,17+,20-,22-,23-,24-,25-,27-/m0/s1. The maximum absolute atomic E-state index is 13.5. The molecule has 0 bridgehead atoms. The molecule has 7 amide bonds. The molecule has 8 atom stereocenters. The number of para-hydroxylation sites is 1. The Morgan fingerprint density at radius 2 is 1.29 bits per heavy atom. The molecule has 2 aromatic rings. The number of carbonyl (C=O) groups is 8.